The molecule has 0 aliphatic rings. The number of nitrogen functional groups attached to an aromatic ring is 1. The Morgan fingerprint density at radius 1 is 1.23 bits per heavy atom. The summed E-state index contributed by atoms with van der Waals surface area (Å²) in [4.78, 5) is 17.3. The molecule has 0 saturated heterocycles. The molecule has 3 aromatic rings. The molecule has 0 saturated carbocycles. The third kappa shape index (κ3) is 4.88. The lowest BCUT2D eigenvalue weighted by atomic mass is 9.99. The minimum Gasteiger partial charge on any atom is -0.383 e. The molecule has 8 heteroatoms. The van der Waals surface area contributed by atoms with E-state index in [0.29, 0.717) is 17.0 Å². The number of nitriles is 2. The maximum Gasteiger partial charge on any atom is 0.237 e. The minimum absolute atomic E-state index is 0.0507. The highest BCUT2D eigenvalue weighted by atomic mass is 32.2. The Kier molecular flexibility index (Phi) is 6.96. The van der Waals surface area contributed by atoms with Gasteiger partial charge in [0.25, 0.3) is 0 Å². The van der Waals surface area contributed by atoms with Crippen LogP contribution in [0.25, 0.3) is 11.1 Å². The highest BCUT2D eigenvalue weighted by molar-refractivity contribution is 8.00. The normalized spacial score (nSPS) is 11.4. The molecule has 1 unspecified atom stereocenters. The van der Waals surface area contributed by atoms with Crippen molar-refractivity contribution in [3.05, 3.63) is 57.3 Å². The number of carbonyl (C=O) groups excluding carboxylic acids is 1. The van der Waals surface area contributed by atoms with E-state index in [1.165, 1.54) is 23.1 Å². The van der Waals surface area contributed by atoms with Gasteiger partial charge >= 0.3 is 0 Å². The summed E-state index contributed by atoms with van der Waals surface area (Å²) in [6.07, 6.45) is 0.529. The molecule has 3 N–H and O–H groups in total. The van der Waals surface area contributed by atoms with Crippen LogP contribution >= 0.6 is 23.1 Å². The molecule has 0 fully saturated rings. The number of nitrogens with one attached hydrogen (secondary N) is 1. The molecule has 1 aromatic carbocycles. The number of aromatic nitrogens is 1. The van der Waals surface area contributed by atoms with Crippen molar-refractivity contribution < 1.29 is 4.79 Å². The molecule has 3 rings (SSSR count). The van der Waals surface area contributed by atoms with Crippen LogP contribution in [0.15, 0.2) is 40.1 Å². The largest absolute Gasteiger partial charge is 0.383 e. The fourth-order valence-corrected chi connectivity index (χ4v) is 4.97. The number of thiophene rings is 1. The molecule has 0 aliphatic carbocycles. The summed E-state index contributed by atoms with van der Waals surface area (Å²) >= 11 is 2.65. The fourth-order valence-electron chi connectivity index (χ4n) is 3.31. The Hall–Kier alpha value is -3.33. The smallest absolute Gasteiger partial charge is 0.237 e. The highest BCUT2D eigenvalue weighted by Gasteiger charge is 2.25. The predicted molar refractivity (Wildman–Crippen MR) is 126 cm³/mol. The van der Waals surface area contributed by atoms with Gasteiger partial charge in [-0.1, -0.05) is 24.8 Å². The van der Waals surface area contributed by atoms with E-state index < -0.39 is 5.25 Å². The van der Waals surface area contributed by atoms with Crippen molar-refractivity contribution in [3.63, 3.8) is 0 Å². The maximum atomic E-state index is 13.0. The number of anilines is 2. The Morgan fingerprint density at radius 2 is 1.90 bits per heavy atom. The van der Waals surface area contributed by atoms with Crippen LogP contribution in [0.5, 0.6) is 0 Å². The number of carbonyl (C=O) groups is 1. The molecule has 0 radical (unpaired) electrons. The number of benzene rings is 1. The monoisotopic (exact) mass is 447 g/mol. The van der Waals surface area contributed by atoms with Crippen molar-refractivity contribution in [2.45, 2.75) is 37.5 Å². The van der Waals surface area contributed by atoms with Crippen LogP contribution in [0.3, 0.4) is 0 Å². The molecule has 156 valence electrons. The Morgan fingerprint density at radius 3 is 2.45 bits per heavy atom. The molecule has 1 amide bonds. The lowest BCUT2D eigenvalue weighted by Gasteiger charge is -2.17. The van der Waals surface area contributed by atoms with Crippen molar-refractivity contribution in [3.8, 4) is 23.3 Å². The zero-order valence-corrected chi connectivity index (χ0v) is 19.0. The van der Waals surface area contributed by atoms with Crippen molar-refractivity contribution in [1.29, 1.82) is 10.5 Å². The van der Waals surface area contributed by atoms with Gasteiger partial charge in [0.05, 0.1) is 10.8 Å². The first kappa shape index (κ1) is 22.4. The van der Waals surface area contributed by atoms with E-state index >= 15 is 0 Å². The lowest BCUT2D eigenvalue weighted by molar-refractivity contribution is -0.115. The number of amides is 1. The van der Waals surface area contributed by atoms with E-state index in [0.717, 1.165) is 22.4 Å². The Bertz CT molecular complexity index is 1190. The van der Waals surface area contributed by atoms with Gasteiger partial charge in [-0.3, -0.25) is 4.79 Å². The number of aryl methyl sites for hydroxylation is 2. The second-order valence-corrected chi connectivity index (χ2v) is 9.01. The summed E-state index contributed by atoms with van der Waals surface area (Å²) in [6.45, 7) is 5.85. The van der Waals surface area contributed by atoms with Crippen molar-refractivity contribution >= 4 is 40.5 Å². The maximum absolute atomic E-state index is 13.0. The van der Waals surface area contributed by atoms with Gasteiger partial charge in [0.2, 0.25) is 5.91 Å². The number of nitrogens with zero attached hydrogens (tertiary/aromatic N) is 3. The summed E-state index contributed by atoms with van der Waals surface area (Å²) in [7, 11) is 0. The summed E-state index contributed by atoms with van der Waals surface area (Å²) in [5, 5.41) is 26.0. The standard InChI is InChI=1S/C23H21N5OS2/c1-4-19(22(29)27-16-8-13(2)7-14(3)9-16)31-23-18(11-25)20(15-5-6-30-12-15)17(10-24)21(26)28-23/h5-9,12,19H,4H2,1-3H3,(H2,26,28)(H,27,29). The van der Waals surface area contributed by atoms with Crippen LogP contribution in [-0.2, 0) is 4.79 Å². The van der Waals surface area contributed by atoms with E-state index in [1.807, 2.05) is 55.8 Å². The number of hydrogen-bond acceptors (Lipinski definition) is 7. The molecule has 1 atom stereocenters. The van der Waals surface area contributed by atoms with Crippen LogP contribution in [0, 0.1) is 36.5 Å². The van der Waals surface area contributed by atoms with Crippen molar-refractivity contribution in [2.75, 3.05) is 11.1 Å². The van der Waals surface area contributed by atoms with Gasteiger partial charge < -0.3 is 11.1 Å². The number of pyridine rings is 1. The molecule has 2 heterocycles. The minimum atomic E-state index is -0.483. The highest BCUT2D eigenvalue weighted by Crippen LogP contribution is 2.38. The molecule has 0 bridgehead atoms. The predicted octanol–water partition coefficient (Wildman–Crippen LogP) is 5.26. The molecule has 31 heavy (non-hydrogen) atoms. The first-order valence-corrected chi connectivity index (χ1v) is 11.4. The molecular weight excluding hydrogens is 426 g/mol. The number of nitrogens with two attached hydrogens (primary N) is 1. The van der Waals surface area contributed by atoms with Crippen molar-refractivity contribution in [1.82, 2.24) is 4.98 Å². The van der Waals surface area contributed by atoms with Gasteiger partial charge in [0.1, 0.15) is 28.5 Å². The summed E-state index contributed by atoms with van der Waals surface area (Å²) in [5.74, 6) is -0.127. The zero-order valence-electron chi connectivity index (χ0n) is 17.4. The topological polar surface area (TPSA) is 116 Å². The molecular formula is C23H21N5OS2. The van der Waals surface area contributed by atoms with Gasteiger partial charge in [-0.15, -0.1) is 0 Å². The number of thioether (sulfide) groups is 1. The first-order valence-electron chi connectivity index (χ1n) is 9.60. The van der Waals surface area contributed by atoms with Crippen LogP contribution in [0.4, 0.5) is 11.5 Å². The quantitative estimate of drug-likeness (QED) is 0.498. The fraction of sp³-hybridized carbons (Fsp3) is 0.217. The van der Waals surface area contributed by atoms with Crippen molar-refractivity contribution in [2.24, 2.45) is 0 Å². The third-order valence-electron chi connectivity index (χ3n) is 4.63. The summed E-state index contributed by atoms with van der Waals surface area (Å²) < 4.78 is 0. The van der Waals surface area contributed by atoms with E-state index in [4.69, 9.17) is 5.73 Å². The average Bonchev–Trinajstić information content (AvgIpc) is 3.25. The average molecular weight is 448 g/mol. The molecule has 6 nitrogen and oxygen atoms in total. The summed E-state index contributed by atoms with van der Waals surface area (Å²) in [6, 6.07) is 11.9. The van der Waals surface area contributed by atoms with E-state index in [9.17, 15) is 15.3 Å². The van der Waals surface area contributed by atoms with E-state index in [-0.39, 0.29) is 22.9 Å². The van der Waals surface area contributed by atoms with Crippen LogP contribution < -0.4 is 11.1 Å². The SMILES string of the molecule is CCC(Sc1nc(N)c(C#N)c(-c2ccsc2)c1C#N)C(=O)Nc1cc(C)cc(C)c1. The zero-order chi connectivity index (χ0) is 22.5. The van der Waals surface area contributed by atoms with Crippen LogP contribution in [-0.4, -0.2) is 16.1 Å². The number of hydrogen-bond donors (Lipinski definition) is 2. The third-order valence-corrected chi connectivity index (χ3v) is 6.67. The number of rotatable bonds is 6. The van der Waals surface area contributed by atoms with Crippen LogP contribution in [0.1, 0.15) is 35.6 Å². The van der Waals surface area contributed by atoms with Gasteiger partial charge in [0.15, 0.2) is 0 Å². The Balaban J connectivity index is 1.97. The van der Waals surface area contributed by atoms with Gasteiger partial charge in [-0.25, -0.2) is 4.98 Å². The van der Waals surface area contributed by atoms with E-state index in [1.54, 1.807) is 0 Å². The molecule has 0 aliphatic heterocycles. The summed E-state index contributed by atoms with van der Waals surface area (Å²) in [5.41, 5.74) is 10.5. The van der Waals surface area contributed by atoms with Gasteiger partial charge in [-0.2, -0.15) is 21.9 Å². The second kappa shape index (κ2) is 9.65. The lowest BCUT2D eigenvalue weighted by Crippen LogP contribution is -2.25. The molecule has 0 spiro atoms. The van der Waals surface area contributed by atoms with Crippen LogP contribution in [0.2, 0.25) is 0 Å². The Labute approximate surface area is 189 Å². The second-order valence-electron chi connectivity index (χ2n) is 7.04. The molecule has 2 aromatic heterocycles. The first-order chi connectivity index (χ1) is 14.9. The van der Waals surface area contributed by atoms with Gasteiger partial charge in [-0.05, 0) is 65.9 Å². The van der Waals surface area contributed by atoms with E-state index in [2.05, 4.69) is 22.4 Å². The van der Waals surface area contributed by atoms with Gasteiger partial charge in [0, 0.05) is 11.3 Å².